The lowest BCUT2D eigenvalue weighted by Crippen LogP contribution is -2.38. The van der Waals surface area contributed by atoms with E-state index >= 15 is 0 Å². The maximum absolute atomic E-state index is 5.51. The molecule has 2 rings (SSSR count). The smallest absolute Gasteiger partial charge is 0.0951 e. The van der Waals surface area contributed by atoms with Gasteiger partial charge in [-0.2, -0.15) is 0 Å². The van der Waals surface area contributed by atoms with Gasteiger partial charge in [0.05, 0.1) is 30.4 Å². The normalized spacial score (nSPS) is 26.1. The average molecular weight is 237 g/mol. The van der Waals surface area contributed by atoms with Crippen LogP contribution in [0.25, 0.3) is 0 Å². The van der Waals surface area contributed by atoms with Gasteiger partial charge in [-0.05, 0) is 27.3 Å². The number of hydrogen-bond donors (Lipinski definition) is 1. The number of nitrogens with one attached hydrogen (secondary N) is 1. The molecular formula is C13H23N3O. The molecule has 0 radical (unpaired) electrons. The number of aromatic nitrogens is 2. The zero-order valence-electron chi connectivity index (χ0n) is 11.2. The third-order valence-electron chi connectivity index (χ3n) is 3.88. The molecular weight excluding hydrogens is 214 g/mol. The second-order valence-corrected chi connectivity index (χ2v) is 5.47. The Hall–Kier alpha value is -0.870. The number of nitrogens with zero attached hydrogens (tertiary/aromatic N) is 2. The molecule has 1 aromatic rings. The topological polar surface area (TPSA) is 39.1 Å². The summed E-state index contributed by atoms with van der Waals surface area (Å²) in [6.45, 7) is 8.32. The summed E-state index contributed by atoms with van der Waals surface area (Å²) >= 11 is 0. The van der Waals surface area contributed by atoms with E-state index in [-0.39, 0.29) is 5.54 Å². The van der Waals surface area contributed by atoms with Crippen LogP contribution in [-0.4, -0.2) is 29.8 Å². The van der Waals surface area contributed by atoms with Gasteiger partial charge in [-0.3, -0.25) is 0 Å². The SMILES string of the molecule is CNC(C)(C)c1cncn1C1CCOCC1C. The molecule has 17 heavy (non-hydrogen) atoms. The van der Waals surface area contributed by atoms with Crippen LogP contribution in [-0.2, 0) is 10.3 Å². The molecule has 2 unspecified atom stereocenters. The first-order chi connectivity index (χ1) is 8.06. The first-order valence-electron chi connectivity index (χ1n) is 6.35. The van der Waals surface area contributed by atoms with Crippen LogP contribution in [0.2, 0.25) is 0 Å². The van der Waals surface area contributed by atoms with Gasteiger partial charge in [-0.1, -0.05) is 6.92 Å². The fraction of sp³-hybridized carbons (Fsp3) is 0.769. The van der Waals surface area contributed by atoms with Crippen LogP contribution in [0.3, 0.4) is 0 Å². The van der Waals surface area contributed by atoms with Crippen molar-refractivity contribution in [2.75, 3.05) is 20.3 Å². The van der Waals surface area contributed by atoms with Crippen LogP contribution in [0.15, 0.2) is 12.5 Å². The van der Waals surface area contributed by atoms with Gasteiger partial charge in [0.15, 0.2) is 0 Å². The van der Waals surface area contributed by atoms with E-state index in [2.05, 4.69) is 35.6 Å². The summed E-state index contributed by atoms with van der Waals surface area (Å²) in [7, 11) is 1.99. The molecule has 96 valence electrons. The Kier molecular flexibility index (Phi) is 3.54. The predicted molar refractivity (Wildman–Crippen MR) is 67.9 cm³/mol. The fourth-order valence-electron chi connectivity index (χ4n) is 2.46. The van der Waals surface area contributed by atoms with Gasteiger partial charge in [0.1, 0.15) is 0 Å². The Morgan fingerprint density at radius 3 is 2.94 bits per heavy atom. The molecule has 1 N–H and O–H groups in total. The summed E-state index contributed by atoms with van der Waals surface area (Å²) in [5, 5.41) is 3.35. The van der Waals surface area contributed by atoms with Gasteiger partial charge in [0.2, 0.25) is 0 Å². The van der Waals surface area contributed by atoms with Gasteiger partial charge in [0.25, 0.3) is 0 Å². The lowest BCUT2D eigenvalue weighted by molar-refractivity contribution is 0.0269. The molecule has 0 amide bonds. The van der Waals surface area contributed by atoms with Crippen LogP contribution < -0.4 is 5.32 Å². The van der Waals surface area contributed by atoms with E-state index in [9.17, 15) is 0 Å². The zero-order chi connectivity index (χ0) is 12.5. The van der Waals surface area contributed by atoms with Crippen molar-refractivity contribution >= 4 is 0 Å². The highest BCUT2D eigenvalue weighted by Crippen LogP contribution is 2.31. The minimum Gasteiger partial charge on any atom is -0.381 e. The summed E-state index contributed by atoms with van der Waals surface area (Å²) in [5.41, 5.74) is 1.20. The molecule has 0 aliphatic carbocycles. The minimum absolute atomic E-state index is 0.0471. The van der Waals surface area contributed by atoms with E-state index in [1.807, 2.05) is 19.6 Å². The van der Waals surface area contributed by atoms with Crippen molar-refractivity contribution in [2.45, 2.75) is 38.8 Å². The maximum Gasteiger partial charge on any atom is 0.0951 e. The minimum atomic E-state index is -0.0471. The molecule has 1 fully saturated rings. The van der Waals surface area contributed by atoms with Gasteiger partial charge in [-0.15, -0.1) is 0 Å². The second-order valence-electron chi connectivity index (χ2n) is 5.47. The van der Waals surface area contributed by atoms with Crippen molar-refractivity contribution in [3.8, 4) is 0 Å². The monoisotopic (exact) mass is 237 g/mol. The highest BCUT2D eigenvalue weighted by molar-refractivity contribution is 5.12. The van der Waals surface area contributed by atoms with Crippen LogP contribution in [0.5, 0.6) is 0 Å². The Bertz CT molecular complexity index is 372. The molecule has 0 bridgehead atoms. The molecule has 1 aliphatic heterocycles. The molecule has 4 nitrogen and oxygen atoms in total. The molecule has 0 spiro atoms. The molecule has 2 heterocycles. The Balaban J connectivity index is 2.29. The van der Waals surface area contributed by atoms with Crippen molar-refractivity contribution in [3.63, 3.8) is 0 Å². The Morgan fingerprint density at radius 2 is 2.29 bits per heavy atom. The lowest BCUT2D eigenvalue weighted by atomic mass is 9.95. The second kappa shape index (κ2) is 4.78. The van der Waals surface area contributed by atoms with Crippen LogP contribution in [0.4, 0.5) is 0 Å². The number of imidazole rings is 1. The number of hydrogen-bond acceptors (Lipinski definition) is 3. The van der Waals surface area contributed by atoms with Crippen molar-refractivity contribution in [2.24, 2.45) is 5.92 Å². The summed E-state index contributed by atoms with van der Waals surface area (Å²) in [4.78, 5) is 4.33. The fourth-order valence-corrected chi connectivity index (χ4v) is 2.46. The van der Waals surface area contributed by atoms with E-state index in [4.69, 9.17) is 4.74 Å². The summed E-state index contributed by atoms with van der Waals surface area (Å²) in [6, 6.07) is 0.508. The van der Waals surface area contributed by atoms with Crippen LogP contribution >= 0.6 is 0 Å². The zero-order valence-corrected chi connectivity index (χ0v) is 11.2. The van der Waals surface area contributed by atoms with Gasteiger partial charge < -0.3 is 14.6 Å². The molecule has 1 aromatic heterocycles. The number of rotatable bonds is 3. The lowest BCUT2D eigenvalue weighted by Gasteiger charge is -2.34. The molecule has 4 heteroatoms. The quantitative estimate of drug-likeness (QED) is 0.873. The summed E-state index contributed by atoms with van der Waals surface area (Å²) in [5.74, 6) is 0.546. The average Bonchev–Trinajstić information content (AvgIpc) is 2.79. The van der Waals surface area contributed by atoms with E-state index < -0.39 is 0 Å². The molecule has 1 saturated heterocycles. The Labute approximate surface area is 103 Å². The molecule has 1 aliphatic rings. The van der Waals surface area contributed by atoms with E-state index in [1.165, 1.54) is 5.69 Å². The van der Waals surface area contributed by atoms with Crippen molar-refractivity contribution in [1.82, 2.24) is 14.9 Å². The van der Waals surface area contributed by atoms with Crippen molar-refractivity contribution in [3.05, 3.63) is 18.2 Å². The highest BCUT2D eigenvalue weighted by atomic mass is 16.5. The predicted octanol–water partition coefficient (Wildman–Crippen LogP) is 1.94. The van der Waals surface area contributed by atoms with E-state index in [0.29, 0.717) is 12.0 Å². The first kappa shape index (κ1) is 12.6. The third kappa shape index (κ3) is 2.38. The van der Waals surface area contributed by atoms with E-state index in [1.54, 1.807) is 0 Å². The van der Waals surface area contributed by atoms with Crippen molar-refractivity contribution in [1.29, 1.82) is 0 Å². The van der Waals surface area contributed by atoms with Crippen LogP contribution in [0.1, 0.15) is 38.9 Å². The summed E-state index contributed by atoms with van der Waals surface area (Å²) < 4.78 is 7.84. The standard InChI is InChI=1S/C13H23N3O/c1-10-8-17-6-5-11(10)16-9-15-7-12(16)13(2,3)14-4/h7,9-11,14H,5-6,8H2,1-4H3. The summed E-state index contributed by atoms with van der Waals surface area (Å²) in [6.07, 6.45) is 5.00. The molecule has 0 aromatic carbocycles. The molecule has 2 atom stereocenters. The maximum atomic E-state index is 5.51. The third-order valence-corrected chi connectivity index (χ3v) is 3.88. The van der Waals surface area contributed by atoms with Gasteiger partial charge in [0, 0.05) is 18.6 Å². The largest absolute Gasteiger partial charge is 0.381 e. The number of ether oxygens (including phenoxy) is 1. The Morgan fingerprint density at radius 1 is 1.53 bits per heavy atom. The van der Waals surface area contributed by atoms with Gasteiger partial charge >= 0.3 is 0 Å². The molecule has 0 saturated carbocycles. The first-order valence-corrected chi connectivity index (χ1v) is 6.35. The highest BCUT2D eigenvalue weighted by Gasteiger charge is 2.29. The van der Waals surface area contributed by atoms with E-state index in [0.717, 1.165) is 19.6 Å². The van der Waals surface area contributed by atoms with Crippen molar-refractivity contribution < 1.29 is 4.74 Å². The van der Waals surface area contributed by atoms with Crippen LogP contribution in [0, 0.1) is 5.92 Å². The van der Waals surface area contributed by atoms with Gasteiger partial charge in [-0.25, -0.2) is 4.98 Å².